The zero-order valence-electron chi connectivity index (χ0n) is 15.4. The SMILES string of the molecule is COc1ccc(-c2nnc(CN(C)C(=O)c3ccc(Cl)c(Cl)c3)o2)cc1OC. The summed E-state index contributed by atoms with van der Waals surface area (Å²) < 4.78 is 16.2. The lowest BCUT2D eigenvalue weighted by molar-refractivity contribution is 0.0773. The number of amides is 1. The summed E-state index contributed by atoms with van der Waals surface area (Å²) in [5.41, 5.74) is 1.09. The van der Waals surface area contributed by atoms with Crippen LogP contribution in [0.25, 0.3) is 11.5 Å². The Balaban J connectivity index is 1.75. The number of benzene rings is 2. The monoisotopic (exact) mass is 421 g/mol. The molecule has 2 aromatic carbocycles. The average molecular weight is 422 g/mol. The lowest BCUT2D eigenvalue weighted by atomic mass is 10.2. The van der Waals surface area contributed by atoms with Gasteiger partial charge in [-0.2, -0.15) is 0 Å². The number of methoxy groups -OCH3 is 2. The van der Waals surface area contributed by atoms with E-state index in [1.54, 1.807) is 51.6 Å². The van der Waals surface area contributed by atoms with Crippen molar-refractivity contribution < 1.29 is 18.7 Å². The predicted octanol–water partition coefficient (Wildman–Crippen LogP) is 4.33. The average Bonchev–Trinajstić information content (AvgIpc) is 3.17. The van der Waals surface area contributed by atoms with Crippen molar-refractivity contribution in [3.63, 3.8) is 0 Å². The summed E-state index contributed by atoms with van der Waals surface area (Å²) in [6, 6.07) is 9.97. The van der Waals surface area contributed by atoms with E-state index in [2.05, 4.69) is 10.2 Å². The van der Waals surface area contributed by atoms with Crippen molar-refractivity contribution >= 4 is 29.1 Å². The Bertz CT molecular complexity index is 1010. The number of hydrogen-bond donors (Lipinski definition) is 0. The molecule has 3 rings (SSSR count). The first kappa shape index (κ1) is 20.0. The molecule has 0 unspecified atom stereocenters. The molecule has 0 fully saturated rings. The number of carbonyl (C=O) groups is 1. The van der Waals surface area contributed by atoms with E-state index < -0.39 is 0 Å². The van der Waals surface area contributed by atoms with E-state index in [-0.39, 0.29) is 12.5 Å². The summed E-state index contributed by atoms with van der Waals surface area (Å²) in [7, 11) is 4.73. The van der Waals surface area contributed by atoms with Gasteiger partial charge in [0, 0.05) is 18.2 Å². The van der Waals surface area contributed by atoms with Gasteiger partial charge >= 0.3 is 0 Å². The molecule has 0 aliphatic carbocycles. The smallest absolute Gasteiger partial charge is 0.254 e. The van der Waals surface area contributed by atoms with Crippen molar-refractivity contribution in [2.24, 2.45) is 0 Å². The van der Waals surface area contributed by atoms with Gasteiger partial charge in [0.2, 0.25) is 11.8 Å². The number of rotatable bonds is 6. The van der Waals surface area contributed by atoms with Gasteiger partial charge in [0.05, 0.1) is 30.8 Å². The zero-order chi connectivity index (χ0) is 20.3. The van der Waals surface area contributed by atoms with Crippen LogP contribution in [0, 0.1) is 0 Å². The Labute approximate surface area is 171 Å². The minimum atomic E-state index is -0.246. The maximum atomic E-state index is 12.5. The Hall–Kier alpha value is -2.77. The second-order valence-corrected chi connectivity index (χ2v) is 6.68. The molecule has 28 heavy (non-hydrogen) atoms. The highest BCUT2D eigenvalue weighted by Gasteiger charge is 2.17. The minimum Gasteiger partial charge on any atom is -0.493 e. The lowest BCUT2D eigenvalue weighted by Gasteiger charge is -2.15. The second-order valence-electron chi connectivity index (χ2n) is 5.86. The molecule has 9 heteroatoms. The maximum Gasteiger partial charge on any atom is 0.254 e. The molecule has 146 valence electrons. The molecule has 0 radical (unpaired) electrons. The molecule has 0 atom stereocenters. The third-order valence-corrected chi connectivity index (χ3v) is 4.72. The molecule has 0 bridgehead atoms. The molecule has 0 saturated carbocycles. The van der Waals surface area contributed by atoms with Crippen molar-refractivity contribution in [2.75, 3.05) is 21.3 Å². The van der Waals surface area contributed by atoms with E-state index >= 15 is 0 Å². The van der Waals surface area contributed by atoms with Crippen LogP contribution in [0.2, 0.25) is 10.0 Å². The van der Waals surface area contributed by atoms with Crippen LogP contribution in [-0.4, -0.2) is 42.3 Å². The summed E-state index contributed by atoms with van der Waals surface area (Å²) >= 11 is 11.9. The fourth-order valence-electron chi connectivity index (χ4n) is 2.53. The molecule has 1 aromatic heterocycles. The molecule has 7 nitrogen and oxygen atoms in total. The number of hydrogen-bond acceptors (Lipinski definition) is 6. The van der Waals surface area contributed by atoms with Crippen LogP contribution in [0.1, 0.15) is 16.2 Å². The highest BCUT2D eigenvalue weighted by Crippen LogP contribution is 2.31. The van der Waals surface area contributed by atoms with Gasteiger partial charge in [-0.3, -0.25) is 4.79 Å². The van der Waals surface area contributed by atoms with Gasteiger partial charge in [-0.05, 0) is 36.4 Å². The maximum absolute atomic E-state index is 12.5. The van der Waals surface area contributed by atoms with Crippen LogP contribution < -0.4 is 9.47 Å². The van der Waals surface area contributed by atoms with Gasteiger partial charge in [-0.25, -0.2) is 0 Å². The summed E-state index contributed by atoms with van der Waals surface area (Å²) in [6.45, 7) is 0.138. The Morgan fingerprint density at radius 3 is 2.46 bits per heavy atom. The fraction of sp³-hybridized carbons (Fsp3) is 0.211. The highest BCUT2D eigenvalue weighted by molar-refractivity contribution is 6.42. The second kappa shape index (κ2) is 8.50. The molecule has 0 saturated heterocycles. The van der Waals surface area contributed by atoms with E-state index in [0.717, 1.165) is 0 Å². The van der Waals surface area contributed by atoms with Crippen LogP contribution in [0.3, 0.4) is 0 Å². The molecule has 0 N–H and O–H groups in total. The van der Waals surface area contributed by atoms with Gasteiger partial charge in [0.1, 0.15) is 0 Å². The molecule has 0 spiro atoms. The van der Waals surface area contributed by atoms with E-state index in [1.165, 1.54) is 11.0 Å². The zero-order valence-corrected chi connectivity index (χ0v) is 16.9. The van der Waals surface area contributed by atoms with E-state index in [4.69, 9.17) is 37.1 Å². The van der Waals surface area contributed by atoms with Crippen LogP contribution in [0.15, 0.2) is 40.8 Å². The fourth-order valence-corrected chi connectivity index (χ4v) is 2.83. The van der Waals surface area contributed by atoms with Crippen molar-refractivity contribution in [2.45, 2.75) is 6.54 Å². The van der Waals surface area contributed by atoms with E-state index in [1.807, 2.05) is 0 Å². The predicted molar refractivity (Wildman–Crippen MR) is 105 cm³/mol. The topological polar surface area (TPSA) is 77.7 Å². The largest absolute Gasteiger partial charge is 0.493 e. The van der Waals surface area contributed by atoms with Crippen molar-refractivity contribution in [3.05, 3.63) is 57.9 Å². The Morgan fingerprint density at radius 2 is 1.79 bits per heavy atom. The van der Waals surface area contributed by atoms with E-state index in [0.29, 0.717) is 44.5 Å². The summed E-state index contributed by atoms with van der Waals surface area (Å²) in [5.74, 6) is 1.50. The molecule has 0 aliphatic heterocycles. The normalized spacial score (nSPS) is 10.6. The minimum absolute atomic E-state index is 0.138. The number of halogens is 2. The first-order chi connectivity index (χ1) is 13.4. The highest BCUT2D eigenvalue weighted by atomic mass is 35.5. The lowest BCUT2D eigenvalue weighted by Crippen LogP contribution is -2.26. The third kappa shape index (κ3) is 4.21. The molecular formula is C19H17Cl2N3O4. The standard InChI is InChI=1S/C19H17Cl2N3O4/c1-24(19(25)12-4-6-13(20)14(21)8-12)10-17-22-23-18(28-17)11-5-7-15(26-2)16(9-11)27-3/h4-9H,10H2,1-3H3. The van der Waals surface area contributed by atoms with Crippen LogP contribution >= 0.6 is 23.2 Å². The number of ether oxygens (including phenoxy) is 2. The van der Waals surface area contributed by atoms with Crippen LogP contribution in [0.4, 0.5) is 0 Å². The first-order valence-corrected chi connectivity index (χ1v) is 8.93. The summed E-state index contributed by atoms with van der Waals surface area (Å²) in [6.07, 6.45) is 0. The molecule has 1 amide bonds. The Kier molecular flexibility index (Phi) is 6.06. The molecule has 0 aliphatic rings. The van der Waals surface area contributed by atoms with Crippen molar-refractivity contribution in [3.8, 4) is 23.0 Å². The number of aromatic nitrogens is 2. The molecule has 1 heterocycles. The van der Waals surface area contributed by atoms with Gasteiger partial charge in [-0.15, -0.1) is 10.2 Å². The van der Waals surface area contributed by atoms with Gasteiger partial charge in [0.15, 0.2) is 11.5 Å². The Morgan fingerprint density at radius 1 is 1.04 bits per heavy atom. The molecule has 3 aromatic rings. The van der Waals surface area contributed by atoms with Crippen LogP contribution in [-0.2, 0) is 6.54 Å². The number of carbonyl (C=O) groups excluding carboxylic acids is 1. The van der Waals surface area contributed by atoms with Gasteiger partial charge < -0.3 is 18.8 Å². The van der Waals surface area contributed by atoms with Crippen molar-refractivity contribution in [1.29, 1.82) is 0 Å². The van der Waals surface area contributed by atoms with E-state index in [9.17, 15) is 4.79 Å². The van der Waals surface area contributed by atoms with Crippen LogP contribution in [0.5, 0.6) is 11.5 Å². The van der Waals surface area contributed by atoms with Crippen molar-refractivity contribution in [1.82, 2.24) is 15.1 Å². The quantitative estimate of drug-likeness (QED) is 0.589. The van der Waals surface area contributed by atoms with Gasteiger partial charge in [-0.1, -0.05) is 23.2 Å². The molecular weight excluding hydrogens is 405 g/mol. The summed E-state index contributed by atoms with van der Waals surface area (Å²) in [4.78, 5) is 14.0. The van der Waals surface area contributed by atoms with Gasteiger partial charge in [0.25, 0.3) is 5.91 Å². The third-order valence-electron chi connectivity index (χ3n) is 3.98. The first-order valence-electron chi connectivity index (χ1n) is 8.18. The number of nitrogens with zero attached hydrogens (tertiary/aromatic N) is 3. The summed E-state index contributed by atoms with van der Waals surface area (Å²) in [5, 5.41) is 8.75.